The maximum atomic E-state index is 6.48. The van der Waals surface area contributed by atoms with Crippen LogP contribution < -0.4 is 5.32 Å². The van der Waals surface area contributed by atoms with Gasteiger partial charge in [-0.05, 0) is 31.6 Å². The van der Waals surface area contributed by atoms with Crippen LogP contribution in [0.25, 0.3) is 11.0 Å². The summed E-state index contributed by atoms with van der Waals surface area (Å²) >= 11 is 6.48. The molecule has 2 atom stereocenters. The van der Waals surface area contributed by atoms with Crippen molar-refractivity contribution in [1.82, 2.24) is 20.0 Å². The molecule has 2 saturated heterocycles. The van der Waals surface area contributed by atoms with E-state index in [0.29, 0.717) is 18.0 Å². The van der Waals surface area contributed by atoms with Gasteiger partial charge >= 0.3 is 0 Å². The first kappa shape index (κ1) is 17.7. The molecule has 0 bridgehead atoms. The van der Waals surface area contributed by atoms with Crippen molar-refractivity contribution in [2.45, 2.75) is 43.7 Å². The van der Waals surface area contributed by atoms with Gasteiger partial charge in [0.05, 0.1) is 16.1 Å². The maximum Gasteiger partial charge on any atom is 0.140 e. The summed E-state index contributed by atoms with van der Waals surface area (Å²) in [4.78, 5) is 7.87. The van der Waals surface area contributed by atoms with Crippen molar-refractivity contribution in [3.63, 3.8) is 0 Å². The van der Waals surface area contributed by atoms with E-state index in [1.54, 1.807) is 0 Å². The van der Waals surface area contributed by atoms with E-state index < -0.39 is 0 Å². The van der Waals surface area contributed by atoms with Crippen LogP contribution in [0.4, 0.5) is 5.69 Å². The van der Waals surface area contributed by atoms with Crippen LogP contribution in [0.15, 0.2) is 12.4 Å². The third kappa shape index (κ3) is 2.94. The number of nitrogens with zero attached hydrogens (tertiary/aromatic N) is 3. The van der Waals surface area contributed by atoms with Gasteiger partial charge in [-0.2, -0.15) is 0 Å². The number of ether oxygens (including phenoxy) is 1. The van der Waals surface area contributed by atoms with Crippen molar-refractivity contribution < 1.29 is 4.74 Å². The summed E-state index contributed by atoms with van der Waals surface area (Å²) < 4.78 is 5.60. The monoisotopic (exact) mass is 389 g/mol. The lowest BCUT2D eigenvalue weighted by atomic mass is 9.89. The number of H-pyrrole nitrogens is 1. The average Bonchev–Trinajstić information content (AvgIpc) is 3.38. The molecule has 3 fully saturated rings. The fourth-order valence-corrected chi connectivity index (χ4v) is 5.47. The topological polar surface area (TPSA) is 56.4 Å². The number of pyridine rings is 1. The molecule has 0 amide bonds. The van der Waals surface area contributed by atoms with Crippen molar-refractivity contribution >= 4 is 28.3 Å². The molecule has 0 radical (unpaired) electrons. The van der Waals surface area contributed by atoms with Crippen molar-refractivity contribution in [2.24, 2.45) is 5.92 Å². The van der Waals surface area contributed by atoms with Crippen molar-refractivity contribution in [3.8, 4) is 0 Å². The molecule has 4 heterocycles. The Morgan fingerprint density at radius 3 is 2.74 bits per heavy atom. The maximum absolute atomic E-state index is 6.48. The SMILES string of the molecule is CNc1c(C2CN(C3CCOCC3)N(C)C2C2CC2)cnc2[nH]cc(Cl)c12. The standard InChI is InChI=1S/C20H28ClN5O/c1-22-18-14(9-23-20-17(18)16(21)10-24-20)15-11-26(13-5-7-27-8-6-13)25(2)19(15)12-3-4-12/h9-10,12-13,15,19H,3-8,11H2,1-2H3,(H2,22,23,24). The molecule has 2 unspecified atom stereocenters. The van der Waals surface area contributed by atoms with E-state index in [2.05, 4.69) is 33.6 Å². The molecule has 7 heteroatoms. The number of aromatic nitrogens is 2. The molecule has 1 aliphatic carbocycles. The Labute approximate surface area is 165 Å². The van der Waals surface area contributed by atoms with Gasteiger partial charge in [0.2, 0.25) is 0 Å². The predicted molar refractivity (Wildman–Crippen MR) is 108 cm³/mol. The highest BCUT2D eigenvalue weighted by Gasteiger charge is 2.49. The molecule has 2 aromatic rings. The lowest BCUT2D eigenvalue weighted by molar-refractivity contribution is -0.0601. The number of hydrazine groups is 1. The Kier molecular flexibility index (Phi) is 4.55. The zero-order valence-corrected chi connectivity index (χ0v) is 16.8. The molecule has 27 heavy (non-hydrogen) atoms. The van der Waals surface area contributed by atoms with Crippen LogP contribution >= 0.6 is 11.6 Å². The van der Waals surface area contributed by atoms with Gasteiger partial charge in [-0.15, -0.1) is 0 Å². The molecular weight excluding hydrogens is 362 g/mol. The lowest BCUT2D eigenvalue weighted by Crippen LogP contribution is -2.47. The van der Waals surface area contributed by atoms with E-state index >= 15 is 0 Å². The molecule has 1 saturated carbocycles. The summed E-state index contributed by atoms with van der Waals surface area (Å²) in [5.41, 5.74) is 3.28. The summed E-state index contributed by atoms with van der Waals surface area (Å²) in [7, 11) is 4.27. The highest BCUT2D eigenvalue weighted by molar-refractivity contribution is 6.36. The minimum atomic E-state index is 0.440. The number of anilines is 1. The Morgan fingerprint density at radius 1 is 1.26 bits per heavy atom. The molecule has 0 aromatic carbocycles. The molecule has 0 spiro atoms. The number of hydrogen-bond donors (Lipinski definition) is 2. The number of likely N-dealkylation sites (N-methyl/N-ethyl adjacent to an activating group) is 1. The van der Waals surface area contributed by atoms with Crippen molar-refractivity contribution in [1.29, 1.82) is 0 Å². The first-order valence-electron chi connectivity index (χ1n) is 10.1. The number of halogens is 1. The van der Waals surface area contributed by atoms with Gasteiger partial charge in [0.1, 0.15) is 5.65 Å². The fraction of sp³-hybridized carbons (Fsp3) is 0.650. The minimum Gasteiger partial charge on any atom is -0.387 e. The second-order valence-electron chi connectivity index (χ2n) is 8.17. The van der Waals surface area contributed by atoms with E-state index in [9.17, 15) is 0 Å². The largest absolute Gasteiger partial charge is 0.387 e. The Bertz CT molecular complexity index is 829. The number of hydrogen-bond acceptors (Lipinski definition) is 5. The smallest absolute Gasteiger partial charge is 0.140 e. The van der Waals surface area contributed by atoms with E-state index in [1.165, 1.54) is 18.4 Å². The van der Waals surface area contributed by atoms with Gasteiger partial charge in [0, 0.05) is 69.8 Å². The van der Waals surface area contributed by atoms with E-state index in [0.717, 1.165) is 60.3 Å². The van der Waals surface area contributed by atoms with Crippen LogP contribution in [0.2, 0.25) is 5.02 Å². The second kappa shape index (κ2) is 6.92. The number of nitrogens with one attached hydrogen (secondary N) is 2. The Balaban J connectivity index is 1.54. The number of fused-ring (bicyclic) bond motifs is 1. The molecular formula is C20H28ClN5O. The molecule has 3 aliphatic rings. The number of aromatic amines is 1. The van der Waals surface area contributed by atoms with Gasteiger partial charge in [-0.3, -0.25) is 0 Å². The van der Waals surface area contributed by atoms with Gasteiger partial charge < -0.3 is 15.0 Å². The van der Waals surface area contributed by atoms with Crippen molar-refractivity contribution in [2.75, 3.05) is 39.2 Å². The molecule has 2 aliphatic heterocycles. The normalized spacial score (nSPS) is 28.3. The number of rotatable bonds is 4. The van der Waals surface area contributed by atoms with Crippen LogP contribution in [0, 0.1) is 5.92 Å². The van der Waals surface area contributed by atoms with E-state index in [1.807, 2.05) is 13.2 Å². The third-order valence-corrected chi connectivity index (χ3v) is 6.98. The Morgan fingerprint density at radius 2 is 2.04 bits per heavy atom. The van der Waals surface area contributed by atoms with Crippen LogP contribution in [-0.2, 0) is 4.74 Å². The molecule has 146 valence electrons. The van der Waals surface area contributed by atoms with Crippen LogP contribution in [0.3, 0.4) is 0 Å². The van der Waals surface area contributed by atoms with E-state index in [4.69, 9.17) is 21.3 Å². The average molecular weight is 390 g/mol. The summed E-state index contributed by atoms with van der Waals surface area (Å²) in [5.74, 6) is 1.22. The van der Waals surface area contributed by atoms with Gasteiger partial charge in [0.15, 0.2) is 0 Å². The fourth-order valence-electron chi connectivity index (χ4n) is 5.24. The van der Waals surface area contributed by atoms with Crippen LogP contribution in [0.1, 0.15) is 37.2 Å². The van der Waals surface area contributed by atoms with Gasteiger partial charge in [-0.25, -0.2) is 15.0 Å². The van der Waals surface area contributed by atoms with Crippen LogP contribution in [-0.4, -0.2) is 65.9 Å². The Hall–Kier alpha value is -1.34. The first-order chi connectivity index (χ1) is 13.2. The first-order valence-corrected chi connectivity index (χ1v) is 10.5. The lowest BCUT2D eigenvalue weighted by Gasteiger charge is -2.37. The molecule has 6 nitrogen and oxygen atoms in total. The predicted octanol–water partition coefficient (Wildman–Crippen LogP) is 3.46. The molecule has 2 aromatic heterocycles. The quantitative estimate of drug-likeness (QED) is 0.838. The zero-order chi connectivity index (χ0) is 18.5. The second-order valence-corrected chi connectivity index (χ2v) is 8.58. The highest BCUT2D eigenvalue weighted by atomic mass is 35.5. The summed E-state index contributed by atoms with van der Waals surface area (Å²) in [6, 6.07) is 1.12. The van der Waals surface area contributed by atoms with E-state index in [-0.39, 0.29) is 0 Å². The summed E-state index contributed by atoms with van der Waals surface area (Å²) in [6.07, 6.45) is 8.80. The summed E-state index contributed by atoms with van der Waals surface area (Å²) in [5, 5.41) is 10.3. The van der Waals surface area contributed by atoms with Crippen molar-refractivity contribution in [3.05, 3.63) is 23.0 Å². The summed E-state index contributed by atoms with van der Waals surface area (Å²) in [6.45, 7) is 2.80. The van der Waals surface area contributed by atoms with Crippen LogP contribution in [0.5, 0.6) is 0 Å². The zero-order valence-electron chi connectivity index (χ0n) is 16.0. The van der Waals surface area contributed by atoms with Gasteiger partial charge in [-0.1, -0.05) is 11.6 Å². The van der Waals surface area contributed by atoms with Gasteiger partial charge in [0.25, 0.3) is 0 Å². The molecule has 5 rings (SSSR count). The molecule has 2 N–H and O–H groups in total. The highest BCUT2D eigenvalue weighted by Crippen LogP contribution is 2.49. The minimum absolute atomic E-state index is 0.440. The third-order valence-electron chi connectivity index (χ3n) is 6.68.